The van der Waals surface area contributed by atoms with Crippen LogP contribution in [0.4, 0.5) is 0 Å². The molecule has 0 N–H and O–H groups in total. The molecular formula is C15H22O2. The summed E-state index contributed by atoms with van der Waals surface area (Å²) in [5.41, 5.74) is 1.19. The summed E-state index contributed by atoms with van der Waals surface area (Å²) in [5, 5.41) is 0. The molecular weight excluding hydrogens is 212 g/mol. The van der Waals surface area contributed by atoms with Gasteiger partial charge in [-0.15, -0.1) is 0 Å². The Labute approximate surface area is 104 Å². The predicted molar refractivity (Wildman–Crippen MR) is 68.7 cm³/mol. The normalized spacial score (nSPS) is 32.4. The average Bonchev–Trinajstić information content (AvgIpc) is 2.34. The van der Waals surface area contributed by atoms with Gasteiger partial charge in [0, 0.05) is 17.4 Å². The van der Waals surface area contributed by atoms with Crippen LogP contribution in [0.5, 0.6) is 0 Å². The van der Waals surface area contributed by atoms with Crippen LogP contribution < -0.4 is 0 Å². The Morgan fingerprint density at radius 2 is 1.88 bits per heavy atom. The van der Waals surface area contributed by atoms with Crippen LogP contribution in [0, 0.1) is 5.41 Å². The molecule has 1 aromatic carbocycles. The number of ether oxygens (including phenoxy) is 2. The van der Waals surface area contributed by atoms with Crippen LogP contribution in [0.25, 0.3) is 0 Å². The summed E-state index contributed by atoms with van der Waals surface area (Å²) in [5.74, 6) is -0.559. The van der Waals surface area contributed by atoms with Gasteiger partial charge in [-0.1, -0.05) is 51.1 Å². The van der Waals surface area contributed by atoms with Crippen molar-refractivity contribution in [1.29, 1.82) is 0 Å². The summed E-state index contributed by atoms with van der Waals surface area (Å²) < 4.78 is 12.3. The molecule has 94 valence electrons. The van der Waals surface area contributed by atoms with E-state index in [0.717, 1.165) is 18.6 Å². The molecule has 1 fully saturated rings. The quantitative estimate of drug-likeness (QED) is 0.776. The molecule has 1 aromatic rings. The number of rotatable bonds is 2. The van der Waals surface area contributed by atoms with Crippen molar-refractivity contribution in [3.05, 3.63) is 35.9 Å². The summed E-state index contributed by atoms with van der Waals surface area (Å²) in [6.45, 7) is 9.34. The maximum Gasteiger partial charge on any atom is 0.194 e. The third kappa shape index (κ3) is 2.24. The van der Waals surface area contributed by atoms with Crippen molar-refractivity contribution in [3.63, 3.8) is 0 Å². The Hall–Kier alpha value is -0.860. The third-order valence-corrected chi connectivity index (χ3v) is 3.82. The topological polar surface area (TPSA) is 18.5 Å². The van der Waals surface area contributed by atoms with E-state index in [2.05, 4.69) is 39.8 Å². The van der Waals surface area contributed by atoms with Gasteiger partial charge in [-0.2, -0.15) is 0 Å². The highest BCUT2D eigenvalue weighted by Crippen LogP contribution is 2.42. The molecule has 0 bridgehead atoms. The van der Waals surface area contributed by atoms with E-state index in [1.165, 1.54) is 0 Å². The number of hydrogen-bond donors (Lipinski definition) is 0. The van der Waals surface area contributed by atoms with E-state index in [1.807, 2.05) is 18.2 Å². The largest absolute Gasteiger partial charge is 0.345 e. The highest BCUT2D eigenvalue weighted by atomic mass is 16.7. The first kappa shape index (κ1) is 12.6. The van der Waals surface area contributed by atoms with Gasteiger partial charge in [0.2, 0.25) is 0 Å². The molecule has 0 aliphatic carbocycles. The zero-order chi connectivity index (χ0) is 12.5. The van der Waals surface area contributed by atoms with Crippen molar-refractivity contribution in [2.75, 3.05) is 6.61 Å². The van der Waals surface area contributed by atoms with Gasteiger partial charge in [-0.3, -0.25) is 0 Å². The second kappa shape index (κ2) is 4.43. The van der Waals surface area contributed by atoms with Gasteiger partial charge in [0.25, 0.3) is 0 Å². The van der Waals surface area contributed by atoms with E-state index in [0.29, 0.717) is 0 Å². The predicted octanol–water partition coefficient (Wildman–Crippen LogP) is 3.71. The Morgan fingerprint density at radius 1 is 1.24 bits per heavy atom. The number of benzene rings is 1. The van der Waals surface area contributed by atoms with Crippen LogP contribution in [0.1, 0.15) is 39.7 Å². The average molecular weight is 234 g/mol. The van der Waals surface area contributed by atoms with Gasteiger partial charge in [0.05, 0.1) is 12.7 Å². The Morgan fingerprint density at radius 3 is 2.41 bits per heavy atom. The van der Waals surface area contributed by atoms with E-state index in [1.54, 1.807) is 0 Å². The second-order valence-electron chi connectivity index (χ2n) is 5.51. The van der Waals surface area contributed by atoms with Gasteiger partial charge >= 0.3 is 0 Å². The van der Waals surface area contributed by atoms with Crippen LogP contribution in [-0.4, -0.2) is 12.7 Å². The molecule has 2 unspecified atom stereocenters. The molecule has 0 amide bonds. The summed E-state index contributed by atoms with van der Waals surface area (Å²) >= 11 is 0. The van der Waals surface area contributed by atoms with Crippen molar-refractivity contribution in [2.24, 2.45) is 5.41 Å². The molecule has 1 heterocycles. The lowest BCUT2D eigenvalue weighted by atomic mass is 9.86. The first-order chi connectivity index (χ1) is 8.00. The highest BCUT2D eigenvalue weighted by Gasteiger charge is 2.44. The van der Waals surface area contributed by atoms with Gasteiger partial charge in [0.1, 0.15) is 0 Å². The van der Waals surface area contributed by atoms with E-state index in [4.69, 9.17) is 9.47 Å². The van der Waals surface area contributed by atoms with Crippen molar-refractivity contribution in [1.82, 2.24) is 0 Å². The first-order valence-corrected chi connectivity index (χ1v) is 6.37. The zero-order valence-electron chi connectivity index (χ0n) is 11.2. The lowest BCUT2D eigenvalue weighted by molar-refractivity contribution is -0.335. The molecule has 17 heavy (non-hydrogen) atoms. The standard InChI is InChI=1S/C15H22O2/c1-5-15(13-9-7-6-8-10-13)16-11-14(3,4)12(2)17-15/h6-10,12H,5,11H2,1-4H3. The van der Waals surface area contributed by atoms with Crippen LogP contribution in [0.2, 0.25) is 0 Å². The molecule has 0 aromatic heterocycles. The van der Waals surface area contributed by atoms with E-state index in [-0.39, 0.29) is 11.5 Å². The van der Waals surface area contributed by atoms with Gasteiger partial charge in [0.15, 0.2) is 5.79 Å². The van der Waals surface area contributed by atoms with Crippen LogP contribution >= 0.6 is 0 Å². The van der Waals surface area contributed by atoms with Gasteiger partial charge in [-0.25, -0.2) is 0 Å². The van der Waals surface area contributed by atoms with E-state index < -0.39 is 5.79 Å². The van der Waals surface area contributed by atoms with Crippen molar-refractivity contribution < 1.29 is 9.47 Å². The van der Waals surface area contributed by atoms with Crippen molar-refractivity contribution in [3.8, 4) is 0 Å². The Balaban J connectivity index is 2.29. The fraction of sp³-hybridized carbons (Fsp3) is 0.600. The molecule has 2 rings (SSSR count). The minimum Gasteiger partial charge on any atom is -0.345 e. The fourth-order valence-corrected chi connectivity index (χ4v) is 2.13. The molecule has 2 heteroatoms. The highest BCUT2D eigenvalue weighted by molar-refractivity contribution is 5.21. The van der Waals surface area contributed by atoms with Gasteiger partial charge < -0.3 is 9.47 Å². The number of hydrogen-bond acceptors (Lipinski definition) is 2. The van der Waals surface area contributed by atoms with E-state index in [9.17, 15) is 0 Å². The molecule has 1 aliphatic heterocycles. The van der Waals surface area contributed by atoms with Crippen LogP contribution in [-0.2, 0) is 15.3 Å². The molecule has 1 aliphatic rings. The van der Waals surface area contributed by atoms with Crippen LogP contribution in [0.3, 0.4) is 0 Å². The minimum absolute atomic E-state index is 0.0768. The first-order valence-electron chi connectivity index (χ1n) is 6.37. The van der Waals surface area contributed by atoms with E-state index >= 15 is 0 Å². The summed E-state index contributed by atoms with van der Waals surface area (Å²) in [6, 6.07) is 10.2. The summed E-state index contributed by atoms with van der Waals surface area (Å²) in [7, 11) is 0. The molecule has 0 spiro atoms. The zero-order valence-corrected chi connectivity index (χ0v) is 11.2. The maximum absolute atomic E-state index is 6.20. The molecule has 1 saturated heterocycles. The second-order valence-corrected chi connectivity index (χ2v) is 5.51. The molecule has 0 saturated carbocycles. The lowest BCUT2D eigenvalue weighted by Gasteiger charge is -2.47. The third-order valence-electron chi connectivity index (χ3n) is 3.82. The Kier molecular flexibility index (Phi) is 3.28. The molecule has 0 radical (unpaired) electrons. The Bertz CT molecular complexity index is 372. The molecule has 2 atom stereocenters. The summed E-state index contributed by atoms with van der Waals surface area (Å²) in [6.07, 6.45) is 1.02. The minimum atomic E-state index is -0.559. The summed E-state index contributed by atoms with van der Waals surface area (Å²) in [4.78, 5) is 0. The van der Waals surface area contributed by atoms with Crippen LogP contribution in [0.15, 0.2) is 30.3 Å². The lowest BCUT2D eigenvalue weighted by Crippen LogP contribution is -2.50. The van der Waals surface area contributed by atoms with Crippen molar-refractivity contribution in [2.45, 2.75) is 46.0 Å². The smallest absolute Gasteiger partial charge is 0.194 e. The fourth-order valence-electron chi connectivity index (χ4n) is 2.13. The monoisotopic (exact) mass is 234 g/mol. The SMILES string of the molecule is CCC1(c2ccccc2)OCC(C)(C)C(C)O1. The van der Waals surface area contributed by atoms with Gasteiger partial charge in [-0.05, 0) is 6.92 Å². The maximum atomic E-state index is 6.20. The van der Waals surface area contributed by atoms with Crippen molar-refractivity contribution >= 4 is 0 Å². The molecule has 2 nitrogen and oxygen atoms in total.